The average molecular weight is 508 g/mol. The molecule has 0 aliphatic rings. The first-order valence-electron chi connectivity index (χ1n) is 13.3. The largest absolute Gasteiger partial charge is 0.251 e. The normalized spacial score (nSPS) is 12.0. The minimum atomic E-state index is 0.835. The van der Waals surface area contributed by atoms with Gasteiger partial charge in [-0.3, -0.25) is 9.98 Å². The van der Waals surface area contributed by atoms with E-state index in [0.29, 0.717) is 0 Å². The first kappa shape index (κ1) is 26.0. The van der Waals surface area contributed by atoms with Gasteiger partial charge in [0.05, 0.1) is 34.2 Å². The van der Waals surface area contributed by atoms with E-state index in [2.05, 4.69) is 99.6 Å². The molecule has 0 saturated heterocycles. The molecule has 0 spiro atoms. The standard InChI is InChI=1S/C36H33N3/c1-24-22-25(2)35(26(3)23-24)37-27(4)33-20-13-21-34(39-33)28(5)38-36-31(29-14-8-6-9-15-29)18-12-19-32(36)30-16-10-7-11-17-30/h6-23H,1-5H3/b37-27+,38-28+. The zero-order chi connectivity index (χ0) is 27.4. The van der Waals surface area contributed by atoms with Crippen molar-refractivity contribution in [3.8, 4) is 22.3 Å². The summed E-state index contributed by atoms with van der Waals surface area (Å²) in [5.74, 6) is 0. The van der Waals surface area contributed by atoms with Gasteiger partial charge in [0.1, 0.15) is 0 Å². The Hall–Kier alpha value is -4.63. The molecule has 3 heteroatoms. The third-order valence-electron chi connectivity index (χ3n) is 6.89. The lowest BCUT2D eigenvalue weighted by Gasteiger charge is -2.14. The maximum atomic E-state index is 5.22. The molecule has 0 amide bonds. The van der Waals surface area contributed by atoms with Crippen LogP contribution in [0.2, 0.25) is 0 Å². The summed E-state index contributed by atoms with van der Waals surface area (Å²) in [4.78, 5) is 15.2. The van der Waals surface area contributed by atoms with Crippen molar-refractivity contribution < 1.29 is 0 Å². The van der Waals surface area contributed by atoms with Gasteiger partial charge in [0.15, 0.2) is 0 Å². The van der Waals surface area contributed by atoms with Crippen molar-refractivity contribution in [2.24, 2.45) is 9.98 Å². The number of nitrogens with zero attached hydrogens (tertiary/aromatic N) is 3. The van der Waals surface area contributed by atoms with Crippen molar-refractivity contribution in [3.05, 3.63) is 137 Å². The summed E-state index contributed by atoms with van der Waals surface area (Å²) in [7, 11) is 0. The fourth-order valence-electron chi connectivity index (χ4n) is 5.00. The number of aryl methyl sites for hydroxylation is 3. The van der Waals surface area contributed by atoms with Gasteiger partial charge < -0.3 is 0 Å². The summed E-state index contributed by atoms with van der Waals surface area (Å²) in [5.41, 5.74) is 13.4. The van der Waals surface area contributed by atoms with E-state index in [1.54, 1.807) is 0 Å². The second-order valence-corrected chi connectivity index (χ2v) is 9.98. The Bertz CT molecular complexity index is 1600. The smallest absolute Gasteiger partial charge is 0.0849 e. The number of hydrogen-bond acceptors (Lipinski definition) is 3. The van der Waals surface area contributed by atoms with Gasteiger partial charge in [-0.15, -0.1) is 0 Å². The number of para-hydroxylation sites is 1. The quantitative estimate of drug-likeness (QED) is 0.211. The highest BCUT2D eigenvalue weighted by atomic mass is 14.8. The third-order valence-corrected chi connectivity index (χ3v) is 6.89. The van der Waals surface area contributed by atoms with Crippen molar-refractivity contribution >= 4 is 22.8 Å². The lowest BCUT2D eigenvalue weighted by molar-refractivity contribution is 1.23. The Morgan fingerprint density at radius 3 is 1.44 bits per heavy atom. The highest BCUT2D eigenvalue weighted by Crippen LogP contribution is 2.39. The predicted molar refractivity (Wildman–Crippen MR) is 166 cm³/mol. The molecule has 39 heavy (non-hydrogen) atoms. The van der Waals surface area contributed by atoms with Gasteiger partial charge in [0.25, 0.3) is 0 Å². The van der Waals surface area contributed by atoms with E-state index in [4.69, 9.17) is 15.0 Å². The van der Waals surface area contributed by atoms with Crippen LogP contribution in [0.1, 0.15) is 41.9 Å². The van der Waals surface area contributed by atoms with Crippen molar-refractivity contribution in [1.82, 2.24) is 4.98 Å². The van der Waals surface area contributed by atoms with E-state index in [0.717, 1.165) is 56.4 Å². The molecule has 5 rings (SSSR count). The highest BCUT2D eigenvalue weighted by molar-refractivity contribution is 6.04. The second kappa shape index (κ2) is 11.4. The summed E-state index contributed by atoms with van der Waals surface area (Å²) < 4.78 is 0. The number of aliphatic imine (C=N–C) groups is 2. The van der Waals surface area contributed by atoms with Gasteiger partial charge in [-0.2, -0.15) is 0 Å². The van der Waals surface area contributed by atoms with E-state index >= 15 is 0 Å². The van der Waals surface area contributed by atoms with Crippen molar-refractivity contribution in [3.63, 3.8) is 0 Å². The molecule has 5 aromatic rings. The maximum Gasteiger partial charge on any atom is 0.0849 e. The molecule has 0 atom stereocenters. The second-order valence-electron chi connectivity index (χ2n) is 9.98. The molecule has 0 saturated carbocycles. The molecule has 0 unspecified atom stereocenters. The van der Waals surface area contributed by atoms with Crippen LogP contribution in [-0.2, 0) is 0 Å². The Kier molecular flexibility index (Phi) is 7.60. The number of hydrogen-bond donors (Lipinski definition) is 0. The zero-order valence-electron chi connectivity index (χ0n) is 23.2. The van der Waals surface area contributed by atoms with Crippen LogP contribution in [0.25, 0.3) is 22.3 Å². The number of benzene rings is 4. The number of pyridine rings is 1. The molecule has 0 aliphatic carbocycles. The van der Waals surface area contributed by atoms with Crippen LogP contribution < -0.4 is 0 Å². The lowest BCUT2D eigenvalue weighted by Crippen LogP contribution is -2.05. The summed E-state index contributed by atoms with van der Waals surface area (Å²) in [6, 6.07) is 37.7. The molecule has 0 fully saturated rings. The first-order chi connectivity index (χ1) is 18.9. The predicted octanol–water partition coefficient (Wildman–Crippen LogP) is 9.62. The van der Waals surface area contributed by atoms with Gasteiger partial charge in [-0.25, -0.2) is 4.98 Å². The Morgan fingerprint density at radius 2 is 0.949 bits per heavy atom. The summed E-state index contributed by atoms with van der Waals surface area (Å²) in [5, 5.41) is 0. The van der Waals surface area contributed by atoms with E-state index in [1.165, 1.54) is 16.7 Å². The maximum absolute atomic E-state index is 5.22. The monoisotopic (exact) mass is 507 g/mol. The zero-order valence-corrected chi connectivity index (χ0v) is 23.2. The van der Waals surface area contributed by atoms with Crippen LogP contribution in [0.5, 0.6) is 0 Å². The third kappa shape index (κ3) is 5.78. The van der Waals surface area contributed by atoms with Crippen molar-refractivity contribution in [2.75, 3.05) is 0 Å². The van der Waals surface area contributed by atoms with Gasteiger partial charge in [0.2, 0.25) is 0 Å². The fourth-order valence-corrected chi connectivity index (χ4v) is 5.00. The average Bonchev–Trinajstić information content (AvgIpc) is 2.96. The molecule has 4 aromatic carbocycles. The van der Waals surface area contributed by atoms with E-state index < -0.39 is 0 Å². The highest BCUT2D eigenvalue weighted by Gasteiger charge is 2.13. The molecule has 3 nitrogen and oxygen atoms in total. The van der Waals surface area contributed by atoms with Crippen molar-refractivity contribution in [2.45, 2.75) is 34.6 Å². The Labute approximate surface area is 231 Å². The summed E-state index contributed by atoms with van der Waals surface area (Å²) >= 11 is 0. The molecule has 0 aliphatic heterocycles. The summed E-state index contributed by atoms with van der Waals surface area (Å²) in [6.07, 6.45) is 0. The van der Waals surface area contributed by atoms with E-state index in [-0.39, 0.29) is 0 Å². The van der Waals surface area contributed by atoms with Crippen LogP contribution in [0, 0.1) is 20.8 Å². The minimum Gasteiger partial charge on any atom is -0.251 e. The fraction of sp³-hybridized carbons (Fsp3) is 0.139. The molecular formula is C36H33N3. The number of aromatic nitrogens is 1. The van der Waals surface area contributed by atoms with Crippen LogP contribution in [-0.4, -0.2) is 16.4 Å². The molecule has 0 bridgehead atoms. The number of rotatable bonds is 6. The van der Waals surface area contributed by atoms with Gasteiger partial charge in [-0.05, 0) is 69.0 Å². The first-order valence-corrected chi connectivity index (χ1v) is 13.3. The van der Waals surface area contributed by atoms with Crippen LogP contribution in [0.15, 0.2) is 119 Å². The van der Waals surface area contributed by atoms with E-state index in [1.807, 2.05) is 44.2 Å². The van der Waals surface area contributed by atoms with Crippen LogP contribution in [0.3, 0.4) is 0 Å². The molecule has 1 aromatic heterocycles. The van der Waals surface area contributed by atoms with Crippen LogP contribution in [0.4, 0.5) is 11.4 Å². The van der Waals surface area contributed by atoms with Crippen LogP contribution >= 0.6 is 0 Å². The molecule has 0 radical (unpaired) electrons. The topological polar surface area (TPSA) is 37.6 Å². The summed E-state index contributed by atoms with van der Waals surface area (Å²) in [6.45, 7) is 10.4. The van der Waals surface area contributed by atoms with Gasteiger partial charge in [-0.1, -0.05) is 103 Å². The molecule has 192 valence electrons. The molecule has 0 N–H and O–H groups in total. The molecular weight excluding hydrogens is 474 g/mol. The lowest BCUT2D eigenvalue weighted by atomic mass is 9.96. The Balaban J connectivity index is 1.59. The van der Waals surface area contributed by atoms with Gasteiger partial charge in [0, 0.05) is 11.1 Å². The van der Waals surface area contributed by atoms with Crippen molar-refractivity contribution in [1.29, 1.82) is 0 Å². The molecule has 1 heterocycles. The Morgan fingerprint density at radius 1 is 0.513 bits per heavy atom. The SMILES string of the molecule is C/C(=N\c1c(C)cc(C)cc1C)c1cccc(/C(C)=N/c2c(-c3ccccc3)cccc2-c2ccccc2)n1. The van der Waals surface area contributed by atoms with Gasteiger partial charge >= 0.3 is 0 Å². The minimum absolute atomic E-state index is 0.835. The van der Waals surface area contributed by atoms with E-state index in [9.17, 15) is 0 Å².